The van der Waals surface area contributed by atoms with Crippen LogP contribution in [0.4, 0.5) is 5.69 Å². The summed E-state index contributed by atoms with van der Waals surface area (Å²) >= 11 is 0. The van der Waals surface area contributed by atoms with Gasteiger partial charge in [0.2, 0.25) is 11.8 Å². The Morgan fingerprint density at radius 2 is 1.89 bits per heavy atom. The quantitative estimate of drug-likeness (QED) is 0.621. The number of carbonyl (C=O) groups excluding carboxylic acids is 3. The Morgan fingerprint density at radius 1 is 1.09 bits per heavy atom. The van der Waals surface area contributed by atoms with Crippen molar-refractivity contribution < 1.29 is 23.9 Å². The summed E-state index contributed by atoms with van der Waals surface area (Å²) in [7, 11) is 1.32. The van der Waals surface area contributed by atoms with E-state index in [0.29, 0.717) is 24.6 Å². The second-order valence-electron chi connectivity index (χ2n) is 9.54. The van der Waals surface area contributed by atoms with Crippen LogP contribution in [0.3, 0.4) is 0 Å². The molecule has 5 rings (SSSR count). The van der Waals surface area contributed by atoms with Crippen molar-refractivity contribution in [2.45, 2.75) is 44.6 Å². The van der Waals surface area contributed by atoms with Crippen molar-refractivity contribution in [2.75, 3.05) is 25.2 Å². The highest BCUT2D eigenvalue weighted by atomic mass is 16.6. The van der Waals surface area contributed by atoms with Crippen molar-refractivity contribution in [1.82, 2.24) is 10.9 Å². The maximum Gasteiger partial charge on any atom is 0.343 e. The summed E-state index contributed by atoms with van der Waals surface area (Å²) < 4.78 is 10.1. The Labute approximate surface area is 204 Å². The Balaban J connectivity index is 1.24. The lowest BCUT2D eigenvalue weighted by Gasteiger charge is -2.41. The number of nitrogens with one attached hydrogen (secondary N) is 2. The predicted octanol–water partition coefficient (Wildman–Crippen LogP) is 2.85. The number of carbonyl (C=O) groups is 3. The van der Waals surface area contributed by atoms with Crippen LogP contribution in [-0.2, 0) is 32.0 Å². The van der Waals surface area contributed by atoms with Gasteiger partial charge in [-0.1, -0.05) is 43.2 Å². The first kappa shape index (κ1) is 23.4. The molecule has 8 nitrogen and oxygen atoms in total. The molecule has 184 valence electrons. The highest BCUT2D eigenvalue weighted by Gasteiger charge is 2.40. The molecule has 2 aliphatic heterocycles. The summed E-state index contributed by atoms with van der Waals surface area (Å²) in [5.41, 5.74) is 10.1. The third-order valence-corrected chi connectivity index (χ3v) is 7.47. The first-order valence-electron chi connectivity index (χ1n) is 12.3. The summed E-state index contributed by atoms with van der Waals surface area (Å²) in [5.74, 6) is 0.600. The summed E-state index contributed by atoms with van der Waals surface area (Å²) in [4.78, 5) is 38.6. The normalized spacial score (nSPS) is 23.2. The molecule has 8 heteroatoms. The first-order chi connectivity index (χ1) is 17.0. The molecule has 3 unspecified atom stereocenters. The number of amides is 2. The number of rotatable bonds is 6. The monoisotopic (exact) mass is 477 g/mol. The van der Waals surface area contributed by atoms with E-state index in [1.54, 1.807) is 4.90 Å². The molecule has 2 amide bonds. The Hall–Kier alpha value is -3.39. The molecule has 0 bridgehead atoms. The van der Waals surface area contributed by atoms with Gasteiger partial charge in [0, 0.05) is 18.5 Å². The van der Waals surface area contributed by atoms with Gasteiger partial charge in [-0.15, -0.1) is 0 Å². The van der Waals surface area contributed by atoms with Crippen LogP contribution in [0.5, 0.6) is 5.75 Å². The number of anilines is 1. The standard InChI is InChI=1S/C27H31N3O5/c1-34-25(32)16-35-20-11-10-18-12-13-30(23(18)15-20)24(31)14-17-6-8-19(9-7-17)26-21-4-2-3-5-22(21)27(33)29-28-26/h6-11,15,21-22,26,28H,2-5,12-14,16H2,1H3,(H,29,33). The molecular formula is C27H31N3O5. The molecule has 1 saturated heterocycles. The third kappa shape index (κ3) is 4.89. The zero-order valence-corrected chi connectivity index (χ0v) is 19.9. The fourth-order valence-electron chi connectivity index (χ4n) is 5.59. The second kappa shape index (κ2) is 10.1. The number of fused-ring (bicyclic) bond motifs is 2. The lowest BCUT2D eigenvalue weighted by atomic mass is 9.72. The van der Waals surface area contributed by atoms with Crippen molar-refractivity contribution in [2.24, 2.45) is 11.8 Å². The zero-order valence-electron chi connectivity index (χ0n) is 19.9. The van der Waals surface area contributed by atoms with Crippen LogP contribution in [0, 0.1) is 11.8 Å². The van der Waals surface area contributed by atoms with Gasteiger partial charge in [0.25, 0.3) is 0 Å². The van der Waals surface area contributed by atoms with E-state index in [4.69, 9.17) is 4.74 Å². The van der Waals surface area contributed by atoms with E-state index >= 15 is 0 Å². The number of methoxy groups -OCH3 is 1. The lowest BCUT2D eigenvalue weighted by Crippen LogP contribution is -2.55. The van der Waals surface area contributed by atoms with Gasteiger partial charge in [0.05, 0.1) is 25.3 Å². The van der Waals surface area contributed by atoms with Gasteiger partial charge >= 0.3 is 5.97 Å². The second-order valence-corrected chi connectivity index (χ2v) is 9.54. The third-order valence-electron chi connectivity index (χ3n) is 7.47. The predicted molar refractivity (Wildman–Crippen MR) is 130 cm³/mol. The Bertz CT molecular complexity index is 1120. The van der Waals surface area contributed by atoms with Gasteiger partial charge in [-0.2, -0.15) is 0 Å². The van der Waals surface area contributed by atoms with Gasteiger partial charge in [-0.25, -0.2) is 10.2 Å². The number of hydrazine groups is 1. The number of hydrogen-bond acceptors (Lipinski definition) is 6. The number of benzene rings is 2. The largest absolute Gasteiger partial charge is 0.482 e. The Morgan fingerprint density at radius 3 is 2.69 bits per heavy atom. The number of esters is 1. The molecule has 0 radical (unpaired) electrons. The van der Waals surface area contributed by atoms with Crippen LogP contribution < -0.4 is 20.5 Å². The van der Waals surface area contributed by atoms with Crippen molar-refractivity contribution in [1.29, 1.82) is 0 Å². The van der Waals surface area contributed by atoms with E-state index in [0.717, 1.165) is 54.5 Å². The van der Waals surface area contributed by atoms with Gasteiger partial charge in [-0.05, 0) is 47.9 Å². The maximum absolute atomic E-state index is 13.2. The van der Waals surface area contributed by atoms with Crippen LogP contribution in [0.2, 0.25) is 0 Å². The topological polar surface area (TPSA) is 97.0 Å². The molecule has 2 heterocycles. The molecule has 2 N–H and O–H groups in total. The fraction of sp³-hybridized carbons (Fsp3) is 0.444. The highest BCUT2D eigenvalue weighted by Crippen LogP contribution is 2.40. The van der Waals surface area contributed by atoms with Crippen molar-refractivity contribution in [3.8, 4) is 5.75 Å². The van der Waals surface area contributed by atoms with Crippen molar-refractivity contribution >= 4 is 23.5 Å². The molecule has 0 aromatic heterocycles. The summed E-state index contributed by atoms with van der Waals surface area (Å²) in [6.45, 7) is 0.457. The zero-order chi connectivity index (χ0) is 24.4. The van der Waals surface area contributed by atoms with E-state index < -0.39 is 5.97 Å². The van der Waals surface area contributed by atoms with Crippen LogP contribution in [0.15, 0.2) is 42.5 Å². The maximum atomic E-state index is 13.2. The Kier molecular flexibility index (Phi) is 6.72. The fourth-order valence-corrected chi connectivity index (χ4v) is 5.59. The molecular weight excluding hydrogens is 446 g/mol. The molecule has 0 spiro atoms. The SMILES string of the molecule is COC(=O)COc1ccc2c(c1)N(C(=O)Cc1ccc(C3NNC(=O)C4CCCCC43)cc1)CC2. The van der Waals surface area contributed by atoms with Crippen LogP contribution in [-0.4, -0.2) is 38.0 Å². The summed E-state index contributed by atoms with van der Waals surface area (Å²) in [6.07, 6.45) is 5.36. The molecule has 2 fully saturated rings. The van der Waals surface area contributed by atoms with Gasteiger partial charge < -0.3 is 14.4 Å². The molecule has 2 aromatic carbocycles. The molecule has 1 saturated carbocycles. The number of ether oxygens (including phenoxy) is 2. The minimum absolute atomic E-state index is 0.0250. The van der Waals surface area contributed by atoms with Crippen LogP contribution >= 0.6 is 0 Å². The average molecular weight is 478 g/mol. The van der Waals surface area contributed by atoms with Gasteiger partial charge in [0.15, 0.2) is 6.61 Å². The minimum atomic E-state index is -0.452. The van der Waals surface area contributed by atoms with Crippen LogP contribution in [0.25, 0.3) is 0 Å². The average Bonchev–Trinajstić information content (AvgIpc) is 3.32. The van der Waals surface area contributed by atoms with E-state index in [-0.39, 0.29) is 30.4 Å². The van der Waals surface area contributed by atoms with E-state index in [1.165, 1.54) is 7.11 Å². The minimum Gasteiger partial charge on any atom is -0.482 e. The van der Waals surface area contributed by atoms with Gasteiger partial charge in [-0.3, -0.25) is 15.0 Å². The molecule has 1 aliphatic carbocycles. The van der Waals surface area contributed by atoms with Crippen molar-refractivity contribution in [3.63, 3.8) is 0 Å². The van der Waals surface area contributed by atoms with Gasteiger partial charge in [0.1, 0.15) is 5.75 Å². The van der Waals surface area contributed by atoms with E-state index in [9.17, 15) is 14.4 Å². The van der Waals surface area contributed by atoms with E-state index in [2.05, 4.69) is 27.7 Å². The first-order valence-corrected chi connectivity index (χ1v) is 12.3. The molecule has 3 atom stereocenters. The van der Waals surface area contributed by atoms with E-state index in [1.807, 2.05) is 30.3 Å². The smallest absolute Gasteiger partial charge is 0.343 e. The van der Waals surface area contributed by atoms with Crippen molar-refractivity contribution in [3.05, 3.63) is 59.2 Å². The molecule has 3 aliphatic rings. The molecule has 2 aromatic rings. The highest BCUT2D eigenvalue weighted by molar-refractivity contribution is 5.97. The molecule has 35 heavy (non-hydrogen) atoms. The summed E-state index contributed by atoms with van der Waals surface area (Å²) in [5, 5.41) is 0. The van der Waals surface area contributed by atoms with Crippen LogP contribution in [0.1, 0.15) is 48.4 Å². The number of hydrogen-bond donors (Lipinski definition) is 2. The summed E-state index contributed by atoms with van der Waals surface area (Å²) in [6, 6.07) is 13.8. The lowest BCUT2D eigenvalue weighted by molar-refractivity contribution is -0.143. The number of nitrogens with zero attached hydrogens (tertiary/aromatic N) is 1.